The highest BCUT2D eigenvalue weighted by atomic mass is 35.5. The Bertz CT molecular complexity index is 1040. The van der Waals surface area contributed by atoms with Crippen molar-refractivity contribution in [1.82, 2.24) is 4.31 Å². The SMILES string of the molecule is CN(Cc1ccc2c(c1)OCO2)S(=O)(=O)c1cc2c(cc1Cl)NC(=O)CO2. The molecule has 0 bridgehead atoms. The topological polar surface area (TPSA) is 94.2 Å². The Morgan fingerprint density at radius 3 is 2.70 bits per heavy atom. The number of amides is 1. The van der Waals surface area contributed by atoms with Crippen LogP contribution in [0.5, 0.6) is 17.2 Å². The third kappa shape index (κ3) is 3.29. The molecule has 0 spiro atoms. The lowest BCUT2D eigenvalue weighted by Gasteiger charge is -2.22. The van der Waals surface area contributed by atoms with Crippen LogP contribution in [0.1, 0.15) is 5.56 Å². The number of hydrogen-bond acceptors (Lipinski definition) is 6. The van der Waals surface area contributed by atoms with Crippen LogP contribution in [0.3, 0.4) is 0 Å². The van der Waals surface area contributed by atoms with Crippen LogP contribution in [0.25, 0.3) is 0 Å². The molecule has 4 rings (SSSR count). The summed E-state index contributed by atoms with van der Waals surface area (Å²) in [5.41, 5.74) is 1.08. The molecule has 0 saturated heterocycles. The molecular weight excluding hydrogens is 396 g/mol. The summed E-state index contributed by atoms with van der Waals surface area (Å²) in [7, 11) is -2.44. The molecule has 0 aliphatic carbocycles. The molecule has 2 aromatic rings. The summed E-state index contributed by atoms with van der Waals surface area (Å²) in [5, 5.41) is 2.59. The highest BCUT2D eigenvalue weighted by Gasteiger charge is 2.28. The number of fused-ring (bicyclic) bond motifs is 2. The predicted molar refractivity (Wildman–Crippen MR) is 96.8 cm³/mol. The van der Waals surface area contributed by atoms with Gasteiger partial charge in [0, 0.05) is 19.7 Å². The van der Waals surface area contributed by atoms with E-state index in [4.69, 9.17) is 25.8 Å². The van der Waals surface area contributed by atoms with Crippen LogP contribution in [-0.4, -0.2) is 39.1 Å². The van der Waals surface area contributed by atoms with Crippen molar-refractivity contribution in [2.45, 2.75) is 11.4 Å². The van der Waals surface area contributed by atoms with Crippen molar-refractivity contribution in [3.63, 3.8) is 0 Å². The van der Waals surface area contributed by atoms with Crippen LogP contribution in [0.4, 0.5) is 5.69 Å². The van der Waals surface area contributed by atoms with Gasteiger partial charge in [-0.25, -0.2) is 8.42 Å². The van der Waals surface area contributed by atoms with Crippen LogP contribution in [0.2, 0.25) is 5.02 Å². The average Bonchev–Trinajstić information content (AvgIpc) is 3.08. The number of carbonyl (C=O) groups is 1. The Labute approximate surface area is 160 Å². The number of nitrogens with one attached hydrogen (secondary N) is 1. The van der Waals surface area contributed by atoms with Crippen LogP contribution in [-0.2, 0) is 21.4 Å². The molecule has 0 fully saturated rings. The number of benzene rings is 2. The van der Waals surface area contributed by atoms with Crippen LogP contribution in [0.15, 0.2) is 35.2 Å². The summed E-state index contributed by atoms with van der Waals surface area (Å²) < 4.78 is 43.0. The Kier molecular flexibility index (Phi) is 4.37. The Hall–Kier alpha value is -2.49. The van der Waals surface area contributed by atoms with Gasteiger partial charge in [0.25, 0.3) is 5.91 Å². The summed E-state index contributed by atoms with van der Waals surface area (Å²) in [5.74, 6) is 1.14. The van der Waals surface area contributed by atoms with Gasteiger partial charge in [0.1, 0.15) is 10.6 Å². The first-order valence-electron chi connectivity index (χ1n) is 7.95. The van der Waals surface area contributed by atoms with Crippen molar-refractivity contribution in [3.8, 4) is 17.2 Å². The monoisotopic (exact) mass is 410 g/mol. The van der Waals surface area contributed by atoms with Crippen molar-refractivity contribution in [1.29, 1.82) is 0 Å². The fourth-order valence-electron chi connectivity index (χ4n) is 2.83. The van der Waals surface area contributed by atoms with Crippen molar-refractivity contribution in [2.24, 2.45) is 0 Å². The maximum atomic E-state index is 13.0. The van der Waals surface area contributed by atoms with Crippen molar-refractivity contribution in [2.75, 3.05) is 25.8 Å². The lowest BCUT2D eigenvalue weighted by molar-refractivity contribution is -0.118. The van der Waals surface area contributed by atoms with E-state index in [1.165, 1.54) is 23.5 Å². The summed E-state index contributed by atoms with van der Waals surface area (Å²) in [6.07, 6.45) is 0. The van der Waals surface area contributed by atoms with E-state index < -0.39 is 10.0 Å². The number of anilines is 1. The van der Waals surface area contributed by atoms with E-state index in [1.807, 2.05) is 0 Å². The highest BCUT2D eigenvalue weighted by molar-refractivity contribution is 7.89. The van der Waals surface area contributed by atoms with Gasteiger partial charge in [-0.2, -0.15) is 4.31 Å². The highest BCUT2D eigenvalue weighted by Crippen LogP contribution is 2.37. The molecule has 0 atom stereocenters. The number of hydrogen-bond donors (Lipinski definition) is 1. The molecule has 8 nitrogen and oxygen atoms in total. The first-order chi connectivity index (χ1) is 12.8. The molecule has 0 aromatic heterocycles. The molecule has 2 aliphatic heterocycles. The molecular formula is C17H15ClN2O6S. The molecule has 10 heteroatoms. The third-order valence-corrected chi connectivity index (χ3v) is 6.47. The van der Waals surface area contributed by atoms with E-state index in [0.717, 1.165) is 5.56 Å². The molecule has 0 radical (unpaired) electrons. The number of halogens is 1. The number of sulfonamides is 1. The van der Waals surface area contributed by atoms with Gasteiger partial charge in [-0.05, 0) is 23.8 Å². The number of rotatable bonds is 4. The molecule has 0 saturated carbocycles. The van der Waals surface area contributed by atoms with E-state index in [9.17, 15) is 13.2 Å². The molecule has 2 aliphatic rings. The minimum absolute atomic E-state index is 0.00270. The maximum Gasteiger partial charge on any atom is 0.262 e. The Balaban J connectivity index is 1.62. The second-order valence-electron chi connectivity index (χ2n) is 6.06. The molecule has 0 unspecified atom stereocenters. The normalized spacial score (nSPS) is 15.3. The van der Waals surface area contributed by atoms with Crippen molar-refractivity contribution < 1.29 is 27.4 Å². The predicted octanol–water partition coefficient (Wildman–Crippen LogP) is 2.22. The molecule has 27 heavy (non-hydrogen) atoms. The Morgan fingerprint density at radius 2 is 1.89 bits per heavy atom. The minimum atomic E-state index is -3.89. The zero-order valence-corrected chi connectivity index (χ0v) is 15.8. The van der Waals surface area contributed by atoms with E-state index in [1.54, 1.807) is 18.2 Å². The quantitative estimate of drug-likeness (QED) is 0.830. The first kappa shape index (κ1) is 17.9. The van der Waals surface area contributed by atoms with Gasteiger partial charge in [0.15, 0.2) is 18.1 Å². The lowest BCUT2D eigenvalue weighted by Crippen LogP contribution is -2.28. The average molecular weight is 411 g/mol. The number of nitrogens with zero attached hydrogens (tertiary/aromatic N) is 1. The summed E-state index contributed by atoms with van der Waals surface area (Å²) >= 11 is 6.17. The third-order valence-electron chi connectivity index (χ3n) is 4.20. The number of carbonyl (C=O) groups excluding carboxylic acids is 1. The standard InChI is InChI=1S/C17H15ClN2O6S/c1-20(7-10-2-3-13-15(4-10)26-9-25-13)27(22,23)16-6-14-12(5-11(16)18)19-17(21)8-24-14/h2-6H,7-9H2,1H3,(H,19,21). The van der Waals surface area contributed by atoms with Gasteiger partial charge in [-0.3, -0.25) is 4.79 Å². The molecule has 1 amide bonds. The second-order valence-corrected chi connectivity index (χ2v) is 8.48. The van der Waals surface area contributed by atoms with Gasteiger partial charge >= 0.3 is 0 Å². The van der Waals surface area contributed by atoms with E-state index >= 15 is 0 Å². The van der Waals surface area contributed by atoms with Gasteiger partial charge < -0.3 is 19.5 Å². The molecule has 2 aromatic carbocycles. The van der Waals surface area contributed by atoms with Gasteiger partial charge in [0.2, 0.25) is 16.8 Å². The lowest BCUT2D eigenvalue weighted by atomic mass is 10.2. The van der Waals surface area contributed by atoms with Crippen LogP contribution >= 0.6 is 11.6 Å². The fraction of sp³-hybridized carbons (Fsp3) is 0.235. The smallest absolute Gasteiger partial charge is 0.262 e. The number of ether oxygens (including phenoxy) is 3. The zero-order chi connectivity index (χ0) is 19.2. The van der Waals surface area contributed by atoms with E-state index in [-0.39, 0.29) is 41.5 Å². The van der Waals surface area contributed by atoms with Gasteiger partial charge in [0.05, 0.1) is 10.7 Å². The Morgan fingerprint density at radius 1 is 1.11 bits per heavy atom. The molecule has 1 N–H and O–H groups in total. The molecule has 142 valence electrons. The van der Waals surface area contributed by atoms with Crippen molar-refractivity contribution >= 4 is 33.2 Å². The molecule has 2 heterocycles. The zero-order valence-electron chi connectivity index (χ0n) is 14.2. The van der Waals surface area contributed by atoms with E-state index in [0.29, 0.717) is 17.2 Å². The largest absolute Gasteiger partial charge is 0.482 e. The summed E-state index contributed by atoms with van der Waals surface area (Å²) in [6.45, 7) is 0.0827. The second kappa shape index (κ2) is 6.59. The summed E-state index contributed by atoms with van der Waals surface area (Å²) in [6, 6.07) is 7.94. The van der Waals surface area contributed by atoms with Gasteiger partial charge in [-0.15, -0.1) is 0 Å². The minimum Gasteiger partial charge on any atom is -0.482 e. The van der Waals surface area contributed by atoms with Gasteiger partial charge in [-0.1, -0.05) is 17.7 Å². The van der Waals surface area contributed by atoms with Crippen LogP contribution in [0, 0.1) is 0 Å². The summed E-state index contributed by atoms with van der Waals surface area (Å²) in [4.78, 5) is 11.3. The fourth-order valence-corrected chi connectivity index (χ4v) is 4.50. The van der Waals surface area contributed by atoms with Crippen LogP contribution < -0.4 is 19.5 Å². The van der Waals surface area contributed by atoms with Crippen molar-refractivity contribution in [3.05, 3.63) is 40.9 Å². The first-order valence-corrected chi connectivity index (χ1v) is 9.77. The maximum absolute atomic E-state index is 13.0. The van der Waals surface area contributed by atoms with E-state index in [2.05, 4.69) is 5.32 Å².